The molecule has 0 amide bonds. The van der Waals surface area contributed by atoms with Crippen LogP contribution in [0.15, 0.2) is 48.5 Å². The lowest BCUT2D eigenvalue weighted by molar-refractivity contribution is 0.186. The van der Waals surface area contributed by atoms with E-state index in [-0.39, 0.29) is 0 Å². The number of hydrogen-bond acceptors (Lipinski definition) is 5. The quantitative estimate of drug-likeness (QED) is 0.543. The number of nitrogens with one attached hydrogen (secondary N) is 3. The Morgan fingerprint density at radius 2 is 1.32 bits per heavy atom. The Balaban J connectivity index is 1.32. The third kappa shape index (κ3) is 7.23. The molecule has 3 N–H and O–H groups in total. The lowest BCUT2D eigenvalue weighted by Gasteiger charge is -2.36. The Bertz CT molecular complexity index is 850. The van der Waals surface area contributed by atoms with Crippen molar-refractivity contribution in [3.63, 3.8) is 0 Å². The van der Waals surface area contributed by atoms with Crippen LogP contribution in [-0.2, 0) is 0 Å². The second kappa shape index (κ2) is 11.7. The predicted octanol–water partition coefficient (Wildman–Crippen LogP) is 3.00. The van der Waals surface area contributed by atoms with Crippen molar-refractivity contribution in [2.75, 3.05) is 64.1 Å². The molecule has 0 saturated carbocycles. The van der Waals surface area contributed by atoms with Crippen LogP contribution < -0.4 is 25.4 Å². The third-order valence-electron chi connectivity index (χ3n) is 5.06. The van der Waals surface area contributed by atoms with Crippen molar-refractivity contribution in [1.82, 2.24) is 15.1 Å². The van der Waals surface area contributed by atoms with Crippen LogP contribution in [0.4, 0.5) is 11.4 Å². The molecule has 0 bridgehead atoms. The van der Waals surface area contributed by atoms with Crippen molar-refractivity contribution in [2.45, 2.75) is 0 Å². The molecule has 1 saturated heterocycles. The molecule has 31 heavy (non-hydrogen) atoms. The normalized spacial score (nSPS) is 13.9. The Hall–Kier alpha value is -2.62. The summed E-state index contributed by atoms with van der Waals surface area (Å²) >= 11 is 11.0. The van der Waals surface area contributed by atoms with Gasteiger partial charge >= 0.3 is 0 Å². The molecule has 0 spiro atoms. The molecule has 7 nitrogen and oxygen atoms in total. The molecule has 9 heteroatoms. The van der Waals surface area contributed by atoms with E-state index >= 15 is 0 Å². The molecule has 3 rings (SSSR count). The van der Waals surface area contributed by atoms with E-state index in [0.717, 1.165) is 67.3 Å². The van der Waals surface area contributed by atoms with Gasteiger partial charge in [-0.2, -0.15) is 0 Å². The van der Waals surface area contributed by atoms with Crippen LogP contribution in [0, 0.1) is 0 Å². The van der Waals surface area contributed by atoms with E-state index in [9.17, 15) is 0 Å². The fraction of sp³-hybridized carbons (Fsp3) is 0.364. The number of piperazine rings is 1. The molecule has 166 valence electrons. The average molecular weight is 460 g/mol. The van der Waals surface area contributed by atoms with E-state index < -0.39 is 0 Å². The van der Waals surface area contributed by atoms with Crippen LogP contribution >= 0.6 is 24.4 Å². The van der Waals surface area contributed by atoms with Gasteiger partial charge in [-0.15, -0.1) is 0 Å². The summed E-state index contributed by atoms with van der Waals surface area (Å²) in [5.74, 6) is 1.65. The fourth-order valence-corrected chi connectivity index (χ4v) is 3.75. The number of anilines is 2. The number of methoxy groups -OCH3 is 2. The maximum absolute atomic E-state index is 5.57. The molecule has 0 unspecified atom stereocenters. The third-order valence-corrected chi connectivity index (χ3v) is 5.67. The Morgan fingerprint density at radius 3 is 1.84 bits per heavy atom. The van der Waals surface area contributed by atoms with Crippen molar-refractivity contribution in [3.8, 4) is 11.5 Å². The summed E-state index contributed by atoms with van der Waals surface area (Å²) in [5, 5.41) is 11.1. The summed E-state index contributed by atoms with van der Waals surface area (Å²) in [4.78, 5) is 4.62. The molecule has 1 aliphatic heterocycles. The fourth-order valence-electron chi connectivity index (χ4n) is 3.23. The van der Waals surface area contributed by atoms with E-state index in [1.54, 1.807) is 14.2 Å². The van der Waals surface area contributed by atoms with Crippen LogP contribution in [0.25, 0.3) is 0 Å². The van der Waals surface area contributed by atoms with Gasteiger partial charge in [0.05, 0.1) is 14.2 Å². The first-order chi connectivity index (χ1) is 15.1. The van der Waals surface area contributed by atoms with Gasteiger partial charge in [0, 0.05) is 50.6 Å². The van der Waals surface area contributed by atoms with E-state index in [0.29, 0.717) is 5.11 Å². The molecule has 0 atom stereocenters. The van der Waals surface area contributed by atoms with Gasteiger partial charge in [0.1, 0.15) is 11.5 Å². The Kier molecular flexibility index (Phi) is 8.69. The van der Waals surface area contributed by atoms with E-state index in [2.05, 4.69) is 25.8 Å². The van der Waals surface area contributed by atoms with Gasteiger partial charge in [-0.05, 0) is 73.0 Å². The summed E-state index contributed by atoms with van der Waals surface area (Å²) in [5.41, 5.74) is 1.90. The molecule has 0 aromatic heterocycles. The topological polar surface area (TPSA) is 61.0 Å². The second-order valence-corrected chi connectivity index (χ2v) is 7.89. The van der Waals surface area contributed by atoms with Crippen LogP contribution in [0.5, 0.6) is 11.5 Å². The standard InChI is InChI=1S/C22H29N5O2S2/c1-28-19-7-3-17(4-8-19)24-21(30)23-11-12-26-13-15-27(16-14-26)22(31)25-18-5-9-20(29-2)10-6-18/h3-10H,11-16H2,1-2H3,(H,25,31)(H2,23,24,30). The molecular formula is C22H29N5O2S2. The van der Waals surface area contributed by atoms with Crippen LogP contribution in [-0.4, -0.2) is 73.5 Å². The lowest BCUT2D eigenvalue weighted by Crippen LogP contribution is -2.51. The van der Waals surface area contributed by atoms with E-state index in [1.165, 1.54) is 0 Å². The summed E-state index contributed by atoms with van der Waals surface area (Å²) in [6.07, 6.45) is 0. The number of ether oxygens (including phenoxy) is 2. The second-order valence-electron chi connectivity index (χ2n) is 7.10. The smallest absolute Gasteiger partial charge is 0.173 e. The van der Waals surface area contributed by atoms with Gasteiger partial charge in [-0.1, -0.05) is 0 Å². The van der Waals surface area contributed by atoms with Crippen LogP contribution in [0.2, 0.25) is 0 Å². The lowest BCUT2D eigenvalue weighted by atomic mass is 10.3. The molecule has 1 aliphatic rings. The maximum Gasteiger partial charge on any atom is 0.173 e. The SMILES string of the molecule is COc1ccc(NC(=S)NCCN2CCN(C(=S)Nc3ccc(OC)cc3)CC2)cc1. The average Bonchev–Trinajstić information content (AvgIpc) is 2.80. The van der Waals surface area contributed by atoms with Crippen LogP contribution in [0.1, 0.15) is 0 Å². The van der Waals surface area contributed by atoms with Crippen molar-refractivity contribution >= 4 is 46.0 Å². The van der Waals surface area contributed by atoms with E-state index in [1.807, 2.05) is 48.5 Å². The zero-order chi connectivity index (χ0) is 22.1. The van der Waals surface area contributed by atoms with Gasteiger partial charge in [0.25, 0.3) is 0 Å². The minimum Gasteiger partial charge on any atom is -0.497 e. The molecule has 1 heterocycles. The highest BCUT2D eigenvalue weighted by Crippen LogP contribution is 2.16. The highest BCUT2D eigenvalue weighted by atomic mass is 32.1. The van der Waals surface area contributed by atoms with Crippen LogP contribution in [0.3, 0.4) is 0 Å². The zero-order valence-electron chi connectivity index (χ0n) is 17.9. The molecule has 0 radical (unpaired) electrons. The van der Waals surface area contributed by atoms with Gasteiger partial charge < -0.3 is 30.3 Å². The number of thiocarbonyl (C=S) groups is 2. The zero-order valence-corrected chi connectivity index (χ0v) is 19.5. The minimum absolute atomic E-state index is 0.619. The molecular weight excluding hydrogens is 430 g/mol. The Morgan fingerprint density at radius 1 is 0.806 bits per heavy atom. The number of benzene rings is 2. The van der Waals surface area contributed by atoms with E-state index in [4.69, 9.17) is 33.9 Å². The molecule has 2 aromatic rings. The molecule has 0 aliphatic carbocycles. The summed E-state index contributed by atoms with van der Waals surface area (Å²) in [6, 6.07) is 15.5. The highest BCUT2D eigenvalue weighted by molar-refractivity contribution is 7.80. The van der Waals surface area contributed by atoms with Gasteiger partial charge in [-0.25, -0.2) is 0 Å². The summed E-state index contributed by atoms with van der Waals surface area (Å²) in [7, 11) is 3.31. The Labute approximate surface area is 194 Å². The maximum atomic E-state index is 5.57. The number of rotatable bonds is 7. The van der Waals surface area contributed by atoms with Gasteiger partial charge in [-0.3, -0.25) is 4.90 Å². The molecule has 2 aromatic carbocycles. The van der Waals surface area contributed by atoms with Gasteiger partial charge in [0.2, 0.25) is 0 Å². The van der Waals surface area contributed by atoms with Crippen molar-refractivity contribution in [3.05, 3.63) is 48.5 Å². The first-order valence-corrected chi connectivity index (χ1v) is 11.0. The minimum atomic E-state index is 0.619. The number of hydrogen-bond donors (Lipinski definition) is 3. The van der Waals surface area contributed by atoms with Crippen molar-refractivity contribution in [2.24, 2.45) is 0 Å². The summed E-state index contributed by atoms with van der Waals surface area (Å²) in [6.45, 7) is 5.44. The first kappa shape index (κ1) is 23.1. The molecule has 1 fully saturated rings. The van der Waals surface area contributed by atoms with Crippen molar-refractivity contribution in [1.29, 1.82) is 0 Å². The monoisotopic (exact) mass is 459 g/mol. The largest absolute Gasteiger partial charge is 0.497 e. The van der Waals surface area contributed by atoms with Crippen molar-refractivity contribution < 1.29 is 9.47 Å². The highest BCUT2D eigenvalue weighted by Gasteiger charge is 2.18. The summed E-state index contributed by atoms with van der Waals surface area (Å²) < 4.78 is 10.4. The predicted molar refractivity (Wildman–Crippen MR) is 134 cm³/mol. The first-order valence-electron chi connectivity index (χ1n) is 10.2. The number of nitrogens with zero attached hydrogens (tertiary/aromatic N) is 2. The van der Waals surface area contributed by atoms with Gasteiger partial charge in [0.15, 0.2) is 10.2 Å².